The van der Waals surface area contributed by atoms with E-state index in [4.69, 9.17) is 0 Å². The Morgan fingerprint density at radius 1 is 1.30 bits per heavy atom. The minimum atomic E-state index is -3.92. The zero-order valence-corrected chi connectivity index (χ0v) is 15.4. The van der Waals surface area contributed by atoms with E-state index < -0.39 is 21.7 Å². The van der Waals surface area contributed by atoms with Crippen LogP contribution in [0.25, 0.3) is 17.1 Å². The number of amides is 1. The number of hydrogen-bond acceptors (Lipinski definition) is 8. The SMILES string of the molecule is CN1C(C(=O)Nc2ccccc2-c2nn[nH]n2)=C(O)c2sccc2S1(=O)=O. The molecule has 1 aliphatic heterocycles. The van der Waals surface area contributed by atoms with Crippen molar-refractivity contribution >= 4 is 38.7 Å². The van der Waals surface area contributed by atoms with Crippen molar-refractivity contribution in [2.75, 3.05) is 12.4 Å². The van der Waals surface area contributed by atoms with Crippen LogP contribution in [-0.4, -0.2) is 51.4 Å². The molecule has 0 bridgehead atoms. The lowest BCUT2D eigenvalue weighted by molar-refractivity contribution is -0.113. The fourth-order valence-corrected chi connectivity index (χ4v) is 5.25. The Bertz CT molecular complexity index is 1170. The van der Waals surface area contributed by atoms with Crippen LogP contribution in [0.5, 0.6) is 0 Å². The van der Waals surface area contributed by atoms with Gasteiger partial charge in [0.2, 0.25) is 5.82 Å². The molecule has 138 valence electrons. The van der Waals surface area contributed by atoms with Crippen molar-refractivity contribution in [3.8, 4) is 11.4 Å². The average molecular weight is 404 g/mol. The molecule has 0 spiro atoms. The van der Waals surface area contributed by atoms with Gasteiger partial charge in [-0.3, -0.25) is 9.10 Å². The third-order valence-electron chi connectivity index (χ3n) is 4.00. The van der Waals surface area contributed by atoms with Gasteiger partial charge < -0.3 is 10.4 Å². The maximum absolute atomic E-state index is 12.8. The van der Waals surface area contributed by atoms with E-state index in [1.807, 2.05) is 0 Å². The highest BCUT2D eigenvalue weighted by Crippen LogP contribution is 2.38. The molecular formula is C15H12N6O4S2. The number of nitrogens with one attached hydrogen (secondary N) is 2. The zero-order valence-electron chi connectivity index (χ0n) is 13.7. The van der Waals surface area contributed by atoms with Crippen LogP contribution >= 0.6 is 11.3 Å². The maximum Gasteiger partial charge on any atom is 0.276 e. The molecular weight excluding hydrogens is 392 g/mol. The number of benzene rings is 1. The van der Waals surface area contributed by atoms with Crippen molar-refractivity contribution in [3.63, 3.8) is 0 Å². The molecule has 0 fully saturated rings. The predicted octanol–water partition coefficient (Wildman–Crippen LogP) is 1.43. The van der Waals surface area contributed by atoms with Gasteiger partial charge in [-0.15, -0.1) is 21.5 Å². The normalized spacial score (nSPS) is 15.5. The Balaban J connectivity index is 1.76. The molecule has 0 aliphatic carbocycles. The molecule has 0 saturated carbocycles. The summed E-state index contributed by atoms with van der Waals surface area (Å²) in [4.78, 5) is 12.9. The summed E-state index contributed by atoms with van der Waals surface area (Å²) in [5.74, 6) is -0.922. The summed E-state index contributed by atoms with van der Waals surface area (Å²) in [5, 5.41) is 28.2. The summed E-state index contributed by atoms with van der Waals surface area (Å²) in [7, 11) is -2.71. The largest absolute Gasteiger partial charge is 0.504 e. The van der Waals surface area contributed by atoms with E-state index in [2.05, 4.69) is 25.9 Å². The number of aliphatic hydroxyl groups is 1. The van der Waals surface area contributed by atoms with Crippen LogP contribution in [0.15, 0.2) is 46.3 Å². The number of para-hydroxylation sites is 1. The topological polar surface area (TPSA) is 141 Å². The summed E-state index contributed by atoms with van der Waals surface area (Å²) in [6, 6.07) is 8.09. The van der Waals surface area contributed by atoms with Crippen LogP contribution in [0.1, 0.15) is 4.88 Å². The number of likely N-dealkylation sites (N-methyl/N-ethyl adjacent to an activating group) is 1. The first-order valence-electron chi connectivity index (χ1n) is 7.55. The monoisotopic (exact) mass is 404 g/mol. The molecule has 10 nitrogen and oxygen atoms in total. The molecule has 0 radical (unpaired) electrons. The van der Waals surface area contributed by atoms with E-state index in [9.17, 15) is 18.3 Å². The smallest absolute Gasteiger partial charge is 0.276 e. The first kappa shape index (κ1) is 17.2. The van der Waals surface area contributed by atoms with Crippen molar-refractivity contribution in [1.82, 2.24) is 24.9 Å². The number of tetrazole rings is 1. The number of thiophene rings is 1. The summed E-state index contributed by atoms with van der Waals surface area (Å²) in [6.07, 6.45) is 0. The Morgan fingerprint density at radius 3 is 2.81 bits per heavy atom. The molecule has 2 aromatic heterocycles. The average Bonchev–Trinajstić information content (AvgIpc) is 3.33. The molecule has 12 heteroatoms. The van der Waals surface area contributed by atoms with Gasteiger partial charge in [-0.25, -0.2) is 8.42 Å². The number of aromatic nitrogens is 4. The fraction of sp³-hybridized carbons (Fsp3) is 0.0667. The van der Waals surface area contributed by atoms with Crippen LogP contribution < -0.4 is 5.32 Å². The quantitative estimate of drug-likeness (QED) is 0.599. The number of nitrogens with zero attached hydrogens (tertiary/aromatic N) is 4. The Morgan fingerprint density at radius 2 is 2.07 bits per heavy atom. The minimum absolute atomic E-state index is 0.0313. The van der Waals surface area contributed by atoms with Gasteiger partial charge in [0, 0.05) is 12.6 Å². The summed E-state index contributed by atoms with van der Waals surface area (Å²) >= 11 is 1.04. The maximum atomic E-state index is 12.8. The molecule has 0 atom stereocenters. The number of aromatic amines is 1. The van der Waals surface area contributed by atoms with E-state index in [0.29, 0.717) is 11.3 Å². The van der Waals surface area contributed by atoms with Crippen LogP contribution in [0.4, 0.5) is 5.69 Å². The number of H-pyrrole nitrogens is 1. The first-order chi connectivity index (χ1) is 12.9. The van der Waals surface area contributed by atoms with Gasteiger partial charge in [-0.2, -0.15) is 5.21 Å². The van der Waals surface area contributed by atoms with Crippen LogP contribution in [0.3, 0.4) is 0 Å². The Kier molecular flexibility index (Phi) is 3.93. The van der Waals surface area contributed by atoms with E-state index in [-0.39, 0.29) is 21.3 Å². The predicted molar refractivity (Wildman–Crippen MR) is 97.1 cm³/mol. The lowest BCUT2D eigenvalue weighted by Crippen LogP contribution is -2.36. The third kappa shape index (κ3) is 2.65. The number of sulfonamides is 1. The molecule has 3 heterocycles. The van der Waals surface area contributed by atoms with Gasteiger partial charge >= 0.3 is 0 Å². The van der Waals surface area contributed by atoms with Gasteiger partial charge in [0.1, 0.15) is 4.90 Å². The van der Waals surface area contributed by atoms with Gasteiger partial charge in [-0.05, 0) is 28.8 Å². The highest BCUT2D eigenvalue weighted by atomic mass is 32.2. The minimum Gasteiger partial charge on any atom is -0.504 e. The third-order valence-corrected chi connectivity index (χ3v) is 6.85. The molecule has 3 aromatic rings. The number of rotatable bonds is 3. The first-order valence-corrected chi connectivity index (χ1v) is 9.87. The van der Waals surface area contributed by atoms with Crippen molar-refractivity contribution in [2.24, 2.45) is 0 Å². The van der Waals surface area contributed by atoms with Crippen molar-refractivity contribution < 1.29 is 18.3 Å². The second-order valence-corrected chi connectivity index (χ2v) is 8.37. The summed E-state index contributed by atoms with van der Waals surface area (Å²) in [6.45, 7) is 0. The van der Waals surface area contributed by atoms with Crippen molar-refractivity contribution in [2.45, 2.75) is 4.90 Å². The molecule has 1 aliphatic rings. The van der Waals surface area contributed by atoms with Gasteiger partial charge in [0.15, 0.2) is 11.5 Å². The number of carbonyl (C=O) groups excluding carboxylic acids is 1. The molecule has 1 amide bonds. The van der Waals surface area contributed by atoms with E-state index in [0.717, 1.165) is 15.6 Å². The zero-order chi connectivity index (χ0) is 19.2. The number of fused-ring (bicyclic) bond motifs is 1. The van der Waals surface area contributed by atoms with Gasteiger partial charge in [-0.1, -0.05) is 12.1 Å². The number of hydrogen-bond donors (Lipinski definition) is 3. The molecule has 3 N–H and O–H groups in total. The second-order valence-electron chi connectivity index (χ2n) is 5.52. The molecule has 0 unspecified atom stereocenters. The Hall–Kier alpha value is -3.25. The lowest BCUT2D eigenvalue weighted by Gasteiger charge is -2.26. The highest BCUT2D eigenvalue weighted by Gasteiger charge is 2.39. The van der Waals surface area contributed by atoms with E-state index in [1.54, 1.807) is 29.6 Å². The van der Waals surface area contributed by atoms with E-state index in [1.165, 1.54) is 13.1 Å². The van der Waals surface area contributed by atoms with Gasteiger partial charge in [0.05, 0.1) is 10.6 Å². The molecule has 1 aromatic carbocycles. The number of carbonyl (C=O) groups is 1. The van der Waals surface area contributed by atoms with Crippen molar-refractivity contribution in [3.05, 3.63) is 46.3 Å². The highest BCUT2D eigenvalue weighted by molar-refractivity contribution is 7.89. The van der Waals surface area contributed by atoms with Crippen molar-refractivity contribution in [1.29, 1.82) is 0 Å². The summed E-state index contributed by atoms with van der Waals surface area (Å²) < 4.78 is 26.0. The standard InChI is InChI=1S/C15H12N6O4S2/c1-21-11(12(22)13-10(6-7-26-13)27(21,24)25)15(23)16-9-5-3-2-4-8(9)14-17-19-20-18-14/h2-7,22H,1H3,(H,16,23)(H,17,18,19,20). The second kappa shape index (κ2) is 6.17. The van der Waals surface area contributed by atoms with E-state index >= 15 is 0 Å². The fourth-order valence-electron chi connectivity index (χ4n) is 2.69. The Labute approximate surface area is 157 Å². The molecule has 4 rings (SSSR count). The van der Waals surface area contributed by atoms with Gasteiger partial charge in [0.25, 0.3) is 15.9 Å². The number of aliphatic hydroxyl groups excluding tert-OH is 1. The van der Waals surface area contributed by atoms with Crippen LogP contribution in [0, 0.1) is 0 Å². The summed E-state index contributed by atoms with van der Waals surface area (Å²) in [5.41, 5.74) is 0.456. The molecule has 0 saturated heterocycles. The van der Waals surface area contributed by atoms with Crippen LogP contribution in [-0.2, 0) is 14.8 Å². The van der Waals surface area contributed by atoms with Crippen LogP contribution in [0.2, 0.25) is 0 Å². The molecule has 27 heavy (non-hydrogen) atoms. The lowest BCUT2D eigenvalue weighted by atomic mass is 10.1. The number of anilines is 1.